The van der Waals surface area contributed by atoms with Crippen LogP contribution in [0.3, 0.4) is 0 Å². The van der Waals surface area contributed by atoms with Crippen LogP contribution in [0.1, 0.15) is 5.56 Å². The fourth-order valence-corrected chi connectivity index (χ4v) is 2.40. The molecule has 1 atom stereocenters. The highest BCUT2D eigenvalue weighted by molar-refractivity contribution is 6.31. The molecular weight excluding hydrogens is 255 g/mol. The summed E-state index contributed by atoms with van der Waals surface area (Å²) in [4.78, 5) is 2.28. The van der Waals surface area contributed by atoms with Crippen LogP contribution < -0.4 is 5.32 Å². The number of nitrogens with zero attached hydrogens (tertiary/aromatic N) is 1. The summed E-state index contributed by atoms with van der Waals surface area (Å²) < 4.78 is 18.9. The topological polar surface area (TPSA) is 24.5 Å². The van der Waals surface area contributed by atoms with E-state index in [0.29, 0.717) is 25.8 Å². The molecule has 100 valence electrons. The fraction of sp³-hybridized carbons (Fsp3) is 0.538. The van der Waals surface area contributed by atoms with Gasteiger partial charge in [-0.15, -0.1) is 0 Å². The molecule has 0 saturated carbocycles. The molecule has 18 heavy (non-hydrogen) atoms. The summed E-state index contributed by atoms with van der Waals surface area (Å²) in [5, 5.41) is 3.38. The SMILES string of the molecule is CNCC1COCCN1Cc1cccc(F)c1Cl. The van der Waals surface area contributed by atoms with Gasteiger partial charge in [-0.05, 0) is 18.7 Å². The highest BCUT2D eigenvalue weighted by Gasteiger charge is 2.23. The second kappa shape index (κ2) is 6.48. The zero-order chi connectivity index (χ0) is 13.0. The lowest BCUT2D eigenvalue weighted by atomic mass is 10.1. The van der Waals surface area contributed by atoms with Crippen molar-refractivity contribution >= 4 is 11.6 Å². The standard InChI is InChI=1S/C13H18ClFN2O/c1-16-7-11-9-18-6-5-17(11)8-10-3-2-4-12(15)13(10)14/h2-4,11,16H,5-9H2,1H3. The maximum absolute atomic E-state index is 13.4. The Morgan fingerprint density at radius 2 is 2.39 bits per heavy atom. The molecular formula is C13H18ClFN2O. The first-order chi connectivity index (χ1) is 8.72. The smallest absolute Gasteiger partial charge is 0.142 e. The van der Waals surface area contributed by atoms with Crippen LogP contribution in [0.2, 0.25) is 5.02 Å². The summed E-state index contributed by atoms with van der Waals surface area (Å²) in [5.41, 5.74) is 0.833. The minimum Gasteiger partial charge on any atom is -0.378 e. The van der Waals surface area contributed by atoms with Crippen LogP contribution in [0.15, 0.2) is 18.2 Å². The van der Waals surface area contributed by atoms with Gasteiger partial charge in [0.25, 0.3) is 0 Å². The molecule has 1 aliphatic heterocycles. The summed E-state index contributed by atoms with van der Waals surface area (Å²) in [6, 6.07) is 5.26. The third kappa shape index (κ3) is 3.20. The number of nitrogens with one attached hydrogen (secondary N) is 1. The number of hydrogen-bond donors (Lipinski definition) is 1. The molecule has 1 aromatic rings. The minimum atomic E-state index is -0.354. The maximum atomic E-state index is 13.4. The highest BCUT2D eigenvalue weighted by atomic mass is 35.5. The number of hydrogen-bond acceptors (Lipinski definition) is 3. The van der Waals surface area contributed by atoms with E-state index >= 15 is 0 Å². The van der Waals surface area contributed by atoms with Gasteiger partial charge in [0.2, 0.25) is 0 Å². The van der Waals surface area contributed by atoms with Crippen molar-refractivity contribution in [1.82, 2.24) is 10.2 Å². The second-order valence-corrected chi connectivity index (χ2v) is 4.85. The van der Waals surface area contributed by atoms with E-state index in [0.717, 1.165) is 18.7 Å². The first kappa shape index (κ1) is 13.7. The van der Waals surface area contributed by atoms with Gasteiger partial charge in [-0.3, -0.25) is 4.90 Å². The van der Waals surface area contributed by atoms with Crippen LogP contribution in [0.5, 0.6) is 0 Å². The zero-order valence-electron chi connectivity index (χ0n) is 10.5. The Morgan fingerprint density at radius 3 is 3.17 bits per heavy atom. The van der Waals surface area contributed by atoms with Gasteiger partial charge in [0, 0.05) is 25.7 Å². The molecule has 5 heteroatoms. The predicted molar refractivity (Wildman–Crippen MR) is 70.4 cm³/mol. The van der Waals surface area contributed by atoms with Crippen molar-refractivity contribution in [2.24, 2.45) is 0 Å². The van der Waals surface area contributed by atoms with E-state index in [1.54, 1.807) is 6.07 Å². The molecule has 0 radical (unpaired) electrons. The molecule has 1 unspecified atom stereocenters. The van der Waals surface area contributed by atoms with Crippen molar-refractivity contribution in [1.29, 1.82) is 0 Å². The summed E-state index contributed by atoms with van der Waals surface area (Å²) in [5.74, 6) is -0.354. The number of rotatable bonds is 4. The van der Waals surface area contributed by atoms with Crippen LogP contribution in [0.4, 0.5) is 4.39 Å². The lowest BCUT2D eigenvalue weighted by Gasteiger charge is -2.35. The van der Waals surface area contributed by atoms with E-state index in [-0.39, 0.29) is 10.8 Å². The second-order valence-electron chi connectivity index (χ2n) is 4.47. The maximum Gasteiger partial charge on any atom is 0.142 e. The van der Waals surface area contributed by atoms with Crippen LogP contribution >= 0.6 is 11.6 Å². The number of halogens is 2. The van der Waals surface area contributed by atoms with Gasteiger partial charge in [0.1, 0.15) is 5.82 Å². The molecule has 1 fully saturated rings. The van der Waals surface area contributed by atoms with Gasteiger partial charge < -0.3 is 10.1 Å². The van der Waals surface area contributed by atoms with Crippen molar-refractivity contribution < 1.29 is 9.13 Å². The first-order valence-electron chi connectivity index (χ1n) is 6.11. The summed E-state index contributed by atoms with van der Waals surface area (Å²) in [7, 11) is 1.92. The van der Waals surface area contributed by atoms with E-state index in [2.05, 4.69) is 10.2 Å². The average molecular weight is 273 g/mol. The molecule has 2 rings (SSSR count). The van der Waals surface area contributed by atoms with Crippen molar-refractivity contribution in [3.05, 3.63) is 34.6 Å². The van der Waals surface area contributed by atoms with Gasteiger partial charge in [0.15, 0.2) is 0 Å². The minimum absolute atomic E-state index is 0.229. The summed E-state index contributed by atoms with van der Waals surface area (Å²) in [6.07, 6.45) is 0. The number of morpholine rings is 1. The van der Waals surface area contributed by atoms with Gasteiger partial charge >= 0.3 is 0 Å². The van der Waals surface area contributed by atoms with Crippen molar-refractivity contribution in [3.63, 3.8) is 0 Å². The molecule has 1 aromatic carbocycles. The highest BCUT2D eigenvalue weighted by Crippen LogP contribution is 2.22. The number of benzene rings is 1. The van der Waals surface area contributed by atoms with Crippen LogP contribution in [-0.2, 0) is 11.3 Å². The van der Waals surface area contributed by atoms with Crippen molar-refractivity contribution in [2.75, 3.05) is 33.4 Å². The van der Waals surface area contributed by atoms with Crippen LogP contribution in [0, 0.1) is 5.82 Å². The monoisotopic (exact) mass is 272 g/mol. The predicted octanol–water partition coefficient (Wildman–Crippen LogP) is 1.90. The van der Waals surface area contributed by atoms with Gasteiger partial charge in [0.05, 0.1) is 18.2 Å². The summed E-state index contributed by atoms with van der Waals surface area (Å²) >= 11 is 5.99. The van der Waals surface area contributed by atoms with Gasteiger partial charge in [-0.25, -0.2) is 4.39 Å². The molecule has 0 amide bonds. The number of ether oxygens (including phenoxy) is 1. The largest absolute Gasteiger partial charge is 0.378 e. The molecule has 0 aromatic heterocycles. The molecule has 1 saturated heterocycles. The lowest BCUT2D eigenvalue weighted by molar-refractivity contribution is -0.0103. The molecule has 1 aliphatic rings. The molecule has 0 aliphatic carbocycles. The quantitative estimate of drug-likeness (QED) is 0.906. The lowest BCUT2D eigenvalue weighted by Crippen LogP contribution is -2.49. The fourth-order valence-electron chi connectivity index (χ4n) is 2.21. The molecule has 0 bridgehead atoms. The Kier molecular flexibility index (Phi) is 4.95. The average Bonchev–Trinajstić information content (AvgIpc) is 2.37. The Labute approximate surface area is 112 Å². The van der Waals surface area contributed by atoms with Crippen molar-refractivity contribution in [2.45, 2.75) is 12.6 Å². The van der Waals surface area contributed by atoms with Crippen molar-refractivity contribution in [3.8, 4) is 0 Å². The Balaban J connectivity index is 2.08. The summed E-state index contributed by atoms with van der Waals surface area (Å²) in [6.45, 7) is 3.78. The van der Waals surface area contributed by atoms with Crippen LogP contribution in [-0.4, -0.2) is 44.3 Å². The Morgan fingerprint density at radius 1 is 1.56 bits per heavy atom. The van der Waals surface area contributed by atoms with E-state index in [4.69, 9.17) is 16.3 Å². The third-order valence-corrected chi connectivity index (χ3v) is 3.62. The number of likely N-dealkylation sites (N-methyl/N-ethyl adjacent to an activating group) is 1. The van der Waals surface area contributed by atoms with E-state index in [1.807, 2.05) is 13.1 Å². The van der Waals surface area contributed by atoms with Gasteiger partial charge in [-0.2, -0.15) is 0 Å². The molecule has 0 spiro atoms. The first-order valence-corrected chi connectivity index (χ1v) is 6.49. The zero-order valence-corrected chi connectivity index (χ0v) is 11.2. The Hall–Kier alpha value is -0.680. The molecule has 3 nitrogen and oxygen atoms in total. The van der Waals surface area contributed by atoms with E-state index in [9.17, 15) is 4.39 Å². The van der Waals surface area contributed by atoms with Crippen LogP contribution in [0.25, 0.3) is 0 Å². The Bertz CT molecular complexity index is 401. The van der Waals surface area contributed by atoms with E-state index in [1.165, 1.54) is 6.07 Å². The molecule has 1 heterocycles. The normalized spacial score (nSPS) is 21.2. The third-order valence-electron chi connectivity index (χ3n) is 3.19. The molecule has 1 N–H and O–H groups in total. The van der Waals surface area contributed by atoms with E-state index < -0.39 is 0 Å². The van der Waals surface area contributed by atoms with Gasteiger partial charge in [-0.1, -0.05) is 23.7 Å².